The lowest BCUT2D eigenvalue weighted by Crippen LogP contribution is -1.87. The van der Waals surface area contributed by atoms with Gasteiger partial charge in [0.2, 0.25) is 0 Å². The van der Waals surface area contributed by atoms with Gasteiger partial charge in [-0.25, -0.2) is 0 Å². The summed E-state index contributed by atoms with van der Waals surface area (Å²) in [5.41, 5.74) is 6.72. The molecule has 0 heteroatoms. The van der Waals surface area contributed by atoms with Crippen molar-refractivity contribution in [2.75, 3.05) is 0 Å². The van der Waals surface area contributed by atoms with Crippen LogP contribution in [0.3, 0.4) is 0 Å². The third-order valence-corrected chi connectivity index (χ3v) is 4.86. The number of hydrogen-bond acceptors (Lipinski definition) is 0. The highest BCUT2D eigenvalue weighted by molar-refractivity contribution is 5.63. The molecule has 3 aromatic carbocycles. The van der Waals surface area contributed by atoms with Crippen molar-refractivity contribution in [2.24, 2.45) is 0 Å². The van der Waals surface area contributed by atoms with Crippen LogP contribution in [0.2, 0.25) is 0 Å². The van der Waals surface area contributed by atoms with Gasteiger partial charge in [-0.05, 0) is 48.9 Å². The summed E-state index contributed by atoms with van der Waals surface area (Å²) < 4.78 is 0. The number of allylic oxidation sites excluding steroid dienone is 2. The zero-order valence-corrected chi connectivity index (χ0v) is 19.0. The molecule has 0 bridgehead atoms. The fraction of sp³-hybridized carbons (Fsp3) is 0.310. The molecule has 0 saturated carbocycles. The third-order valence-electron chi connectivity index (χ3n) is 4.86. The van der Waals surface area contributed by atoms with Gasteiger partial charge < -0.3 is 0 Å². The maximum atomic E-state index is 2.22. The van der Waals surface area contributed by atoms with Crippen LogP contribution in [0.4, 0.5) is 0 Å². The lowest BCUT2D eigenvalue weighted by molar-refractivity contribution is 0.886. The molecule has 0 spiro atoms. The van der Waals surface area contributed by atoms with Gasteiger partial charge in [0, 0.05) is 0 Å². The largest absolute Gasteiger partial charge is 0.0887 e. The Labute approximate surface area is 179 Å². The van der Waals surface area contributed by atoms with Crippen molar-refractivity contribution >= 4 is 0 Å². The first-order valence-corrected chi connectivity index (χ1v) is 10.9. The van der Waals surface area contributed by atoms with Gasteiger partial charge in [-0.15, -0.1) is 0 Å². The molecular weight excluding hydrogens is 348 g/mol. The topological polar surface area (TPSA) is 0 Å². The highest BCUT2D eigenvalue weighted by Crippen LogP contribution is 2.20. The van der Waals surface area contributed by atoms with E-state index in [1.807, 2.05) is 6.07 Å². The predicted molar refractivity (Wildman–Crippen MR) is 131 cm³/mol. The molecule has 0 atom stereocenters. The summed E-state index contributed by atoms with van der Waals surface area (Å²) in [7, 11) is 0. The monoisotopic (exact) mass is 386 g/mol. The molecule has 0 heterocycles. The minimum absolute atomic E-state index is 0.996. The van der Waals surface area contributed by atoms with Crippen molar-refractivity contribution in [2.45, 2.75) is 60.3 Å². The minimum atomic E-state index is 0.996. The standard InChI is InChI=1S/C19H16.C6H12.C4H10/c1-3-7-16(8-4-1)15-17-11-13-19(14-12-17)18-9-5-2-6-10-18;1-4-6(3)5-2;1-3-4-2/h1-14H,15H2;4H,5H2,1-3H3;3-4H2,1-2H3/b;6-4-;. The highest BCUT2D eigenvalue weighted by atomic mass is 14.0. The van der Waals surface area contributed by atoms with E-state index in [4.69, 9.17) is 0 Å². The van der Waals surface area contributed by atoms with Crippen LogP contribution in [0.5, 0.6) is 0 Å². The van der Waals surface area contributed by atoms with Gasteiger partial charge in [0.15, 0.2) is 0 Å². The Morgan fingerprint density at radius 1 is 0.621 bits per heavy atom. The molecule has 3 rings (SSSR count). The van der Waals surface area contributed by atoms with Crippen LogP contribution < -0.4 is 0 Å². The molecule has 0 saturated heterocycles. The Morgan fingerprint density at radius 3 is 1.48 bits per heavy atom. The van der Waals surface area contributed by atoms with Gasteiger partial charge in [0.05, 0.1) is 0 Å². The lowest BCUT2D eigenvalue weighted by atomic mass is 10.0. The second-order valence-corrected chi connectivity index (χ2v) is 7.21. The molecule has 0 amide bonds. The zero-order valence-electron chi connectivity index (χ0n) is 19.0. The summed E-state index contributed by atoms with van der Waals surface area (Å²) in [6.45, 7) is 10.7. The number of benzene rings is 3. The first-order chi connectivity index (χ1) is 14.1. The first-order valence-electron chi connectivity index (χ1n) is 10.9. The van der Waals surface area contributed by atoms with Crippen LogP contribution in [0, 0.1) is 0 Å². The van der Waals surface area contributed by atoms with Gasteiger partial charge in [-0.1, -0.05) is 130 Å². The molecule has 0 nitrogen and oxygen atoms in total. The average Bonchev–Trinajstić information content (AvgIpc) is 2.81. The molecule has 29 heavy (non-hydrogen) atoms. The third kappa shape index (κ3) is 10.5. The van der Waals surface area contributed by atoms with Crippen molar-refractivity contribution in [3.05, 3.63) is 108 Å². The first kappa shape index (κ1) is 24.4. The highest BCUT2D eigenvalue weighted by Gasteiger charge is 1.98. The van der Waals surface area contributed by atoms with Gasteiger partial charge in [-0.3, -0.25) is 0 Å². The lowest BCUT2D eigenvalue weighted by Gasteiger charge is -2.05. The second kappa shape index (κ2) is 15.3. The molecule has 0 aliphatic heterocycles. The maximum absolute atomic E-state index is 2.22. The molecule has 0 aliphatic carbocycles. The molecule has 154 valence electrons. The van der Waals surface area contributed by atoms with Crippen LogP contribution in [-0.2, 0) is 6.42 Å². The number of hydrogen-bond donors (Lipinski definition) is 0. The average molecular weight is 387 g/mol. The maximum Gasteiger partial charge on any atom is -0.00258 e. The summed E-state index contributed by atoms with van der Waals surface area (Å²) in [5.74, 6) is 0. The summed E-state index contributed by atoms with van der Waals surface area (Å²) in [6.07, 6.45) is 6.96. The summed E-state index contributed by atoms with van der Waals surface area (Å²) in [4.78, 5) is 0. The Balaban J connectivity index is 0.000000353. The summed E-state index contributed by atoms with van der Waals surface area (Å²) >= 11 is 0. The molecule has 0 aliphatic rings. The Kier molecular flexibility index (Phi) is 12.9. The molecule has 0 N–H and O–H groups in total. The number of rotatable bonds is 5. The van der Waals surface area contributed by atoms with E-state index in [2.05, 4.69) is 120 Å². The molecular formula is C29H38. The SMILES string of the molecule is C/C=C(/C)CC.CCCC.c1ccc(Cc2ccc(-c3ccccc3)cc2)cc1. The molecule has 0 unspecified atom stereocenters. The van der Waals surface area contributed by atoms with Gasteiger partial charge in [-0.2, -0.15) is 0 Å². The van der Waals surface area contributed by atoms with Crippen LogP contribution in [-0.4, -0.2) is 0 Å². The van der Waals surface area contributed by atoms with Gasteiger partial charge >= 0.3 is 0 Å². The second-order valence-electron chi connectivity index (χ2n) is 7.21. The molecule has 0 aromatic heterocycles. The van der Waals surface area contributed by atoms with E-state index in [0.29, 0.717) is 0 Å². The van der Waals surface area contributed by atoms with Crippen LogP contribution in [0.25, 0.3) is 11.1 Å². The van der Waals surface area contributed by atoms with Crippen molar-refractivity contribution < 1.29 is 0 Å². The van der Waals surface area contributed by atoms with Crippen molar-refractivity contribution in [3.8, 4) is 11.1 Å². The van der Waals surface area contributed by atoms with Crippen molar-refractivity contribution in [1.82, 2.24) is 0 Å². The predicted octanol–water partition coefficient (Wildman–Crippen LogP) is 9.11. The van der Waals surface area contributed by atoms with E-state index in [0.717, 1.165) is 6.42 Å². The fourth-order valence-electron chi connectivity index (χ4n) is 2.48. The quantitative estimate of drug-likeness (QED) is 0.383. The normalized spacial score (nSPS) is 10.3. The van der Waals surface area contributed by atoms with E-state index < -0.39 is 0 Å². The van der Waals surface area contributed by atoms with E-state index in [1.165, 1.54) is 47.1 Å². The van der Waals surface area contributed by atoms with Crippen molar-refractivity contribution in [3.63, 3.8) is 0 Å². The van der Waals surface area contributed by atoms with Gasteiger partial charge in [0.1, 0.15) is 0 Å². The Hall–Kier alpha value is -2.60. The fourth-order valence-corrected chi connectivity index (χ4v) is 2.48. The number of unbranched alkanes of at least 4 members (excludes halogenated alkanes) is 1. The van der Waals surface area contributed by atoms with E-state index >= 15 is 0 Å². The Bertz CT molecular complexity index is 778. The summed E-state index contributed by atoms with van der Waals surface area (Å²) in [6, 6.07) is 29.9. The van der Waals surface area contributed by atoms with E-state index in [9.17, 15) is 0 Å². The smallest absolute Gasteiger partial charge is 0.00258 e. The van der Waals surface area contributed by atoms with Gasteiger partial charge in [0.25, 0.3) is 0 Å². The van der Waals surface area contributed by atoms with E-state index in [1.54, 1.807) is 0 Å². The van der Waals surface area contributed by atoms with Crippen molar-refractivity contribution in [1.29, 1.82) is 0 Å². The Morgan fingerprint density at radius 2 is 1.07 bits per heavy atom. The van der Waals surface area contributed by atoms with E-state index in [-0.39, 0.29) is 0 Å². The summed E-state index contributed by atoms with van der Waals surface area (Å²) in [5, 5.41) is 0. The minimum Gasteiger partial charge on any atom is -0.0887 e. The molecule has 0 fully saturated rings. The molecule has 0 radical (unpaired) electrons. The van der Waals surface area contributed by atoms with Crippen LogP contribution in [0.15, 0.2) is 96.6 Å². The van der Waals surface area contributed by atoms with Crippen LogP contribution in [0.1, 0.15) is 65.0 Å². The van der Waals surface area contributed by atoms with Crippen LogP contribution >= 0.6 is 0 Å². The zero-order chi connectivity index (χ0) is 21.3. The molecule has 3 aromatic rings.